The summed E-state index contributed by atoms with van der Waals surface area (Å²) in [5.41, 5.74) is 0.650. The van der Waals surface area contributed by atoms with Crippen LogP contribution in [0.2, 0.25) is 18.1 Å². The summed E-state index contributed by atoms with van der Waals surface area (Å²) < 4.78 is 16.4. The third-order valence-electron chi connectivity index (χ3n) is 6.08. The highest BCUT2D eigenvalue weighted by atomic mass is 32.1. The molecule has 0 radical (unpaired) electrons. The lowest BCUT2D eigenvalue weighted by Crippen LogP contribution is -2.49. The Labute approximate surface area is 213 Å². The molecule has 0 unspecified atom stereocenters. The highest BCUT2D eigenvalue weighted by Crippen LogP contribution is 2.36. The molecule has 0 fully saturated rings. The normalized spacial score (nSPS) is 15.8. The van der Waals surface area contributed by atoms with Crippen molar-refractivity contribution in [3.8, 4) is 0 Å². The molecule has 1 aromatic heterocycles. The molecule has 35 heavy (non-hydrogen) atoms. The maximum atomic E-state index is 12.9. The summed E-state index contributed by atoms with van der Waals surface area (Å²) in [6.45, 7) is 17.0. The number of nitrogens with zero attached hydrogens (tertiary/aromatic N) is 2. The first-order valence-electron chi connectivity index (χ1n) is 11.7. The minimum atomic E-state index is -2.12. The minimum absolute atomic E-state index is 0.0335. The van der Waals surface area contributed by atoms with Gasteiger partial charge in [-0.2, -0.15) is 0 Å². The Bertz CT molecular complexity index is 961. The molecule has 1 aliphatic heterocycles. The second-order valence-electron chi connectivity index (χ2n) is 11.1. The number of methoxy groups -OCH3 is 1. The van der Waals surface area contributed by atoms with Gasteiger partial charge in [0.2, 0.25) is 0 Å². The first-order chi connectivity index (χ1) is 16.0. The van der Waals surface area contributed by atoms with Gasteiger partial charge in [-0.15, -0.1) is 11.3 Å². The minimum Gasteiger partial charge on any atom is -0.467 e. The van der Waals surface area contributed by atoms with Gasteiger partial charge in [0.05, 0.1) is 13.7 Å². The first kappa shape index (κ1) is 29.0. The van der Waals surface area contributed by atoms with E-state index in [0.29, 0.717) is 24.5 Å². The third-order valence-corrected chi connectivity index (χ3v) is 11.5. The Morgan fingerprint density at radius 2 is 1.86 bits per heavy atom. The van der Waals surface area contributed by atoms with Gasteiger partial charge >= 0.3 is 12.1 Å². The Morgan fingerprint density at radius 3 is 2.37 bits per heavy atom. The molecule has 1 aliphatic rings. The smallest absolute Gasteiger partial charge is 0.410 e. The van der Waals surface area contributed by atoms with Crippen LogP contribution in [0.4, 0.5) is 4.79 Å². The van der Waals surface area contributed by atoms with E-state index in [4.69, 9.17) is 13.9 Å². The predicted molar refractivity (Wildman–Crippen MR) is 139 cm³/mol. The monoisotopic (exact) mass is 525 g/mol. The molecule has 11 heteroatoms. The number of thiazole rings is 1. The van der Waals surface area contributed by atoms with Crippen molar-refractivity contribution in [1.29, 1.82) is 0 Å². The van der Waals surface area contributed by atoms with E-state index in [1.54, 1.807) is 10.3 Å². The lowest BCUT2D eigenvalue weighted by Gasteiger charge is -2.37. The molecule has 2 heterocycles. The van der Waals surface area contributed by atoms with E-state index >= 15 is 0 Å². The zero-order chi connectivity index (χ0) is 26.6. The summed E-state index contributed by atoms with van der Waals surface area (Å²) in [6, 6.07) is -0.928. The second kappa shape index (κ2) is 11.2. The number of hydrogen-bond donors (Lipinski definition) is 1. The van der Waals surface area contributed by atoms with Crippen molar-refractivity contribution < 1.29 is 28.3 Å². The molecule has 0 saturated heterocycles. The second-order valence-corrected chi connectivity index (χ2v) is 16.7. The summed E-state index contributed by atoms with van der Waals surface area (Å²) in [5, 5.41) is 5.05. The largest absolute Gasteiger partial charge is 0.467 e. The van der Waals surface area contributed by atoms with Crippen LogP contribution in [0.1, 0.15) is 63.5 Å². The average molecular weight is 526 g/mol. The fourth-order valence-corrected chi connectivity index (χ4v) is 4.82. The number of rotatable bonds is 7. The van der Waals surface area contributed by atoms with E-state index in [1.807, 2.05) is 26.8 Å². The molecular formula is C24H39N3O6SSi. The molecule has 1 atom stereocenters. The number of esters is 1. The lowest BCUT2D eigenvalue weighted by molar-refractivity contribution is -0.143. The van der Waals surface area contributed by atoms with Gasteiger partial charge in [-0.3, -0.25) is 4.79 Å². The quantitative estimate of drug-likeness (QED) is 0.414. The van der Waals surface area contributed by atoms with E-state index < -0.39 is 31.8 Å². The summed E-state index contributed by atoms with van der Waals surface area (Å²) in [4.78, 5) is 43.5. The number of hydrogen-bond acceptors (Lipinski definition) is 8. The topological polar surface area (TPSA) is 107 Å². The summed E-state index contributed by atoms with van der Waals surface area (Å²) in [6.07, 6.45) is 2.19. The van der Waals surface area contributed by atoms with Gasteiger partial charge in [-0.05, 0) is 50.9 Å². The van der Waals surface area contributed by atoms with Gasteiger partial charge < -0.3 is 24.1 Å². The molecule has 1 N–H and O–H groups in total. The number of amides is 2. The maximum absolute atomic E-state index is 12.9. The number of carbonyl (C=O) groups excluding carboxylic acids is 3. The lowest BCUT2D eigenvalue weighted by atomic mass is 10.1. The molecule has 0 aliphatic carbocycles. The zero-order valence-corrected chi connectivity index (χ0v) is 24.1. The van der Waals surface area contributed by atoms with E-state index in [-0.39, 0.29) is 23.4 Å². The van der Waals surface area contributed by atoms with Crippen LogP contribution in [0.25, 0.3) is 5.57 Å². The molecule has 1 aromatic rings. The average Bonchev–Trinajstić information content (AvgIpc) is 3.24. The van der Waals surface area contributed by atoms with E-state index in [9.17, 15) is 14.4 Å². The Morgan fingerprint density at radius 1 is 1.20 bits per heavy atom. The van der Waals surface area contributed by atoms with Crippen LogP contribution in [-0.2, 0) is 18.7 Å². The summed E-state index contributed by atoms with van der Waals surface area (Å²) in [5.74, 6) is -1.03. The molecule has 0 bridgehead atoms. The van der Waals surface area contributed by atoms with Gasteiger partial charge in [0.1, 0.15) is 22.3 Å². The van der Waals surface area contributed by atoms with Crippen LogP contribution >= 0.6 is 11.3 Å². The van der Waals surface area contributed by atoms with Crippen LogP contribution in [-0.4, -0.2) is 74.6 Å². The van der Waals surface area contributed by atoms with Crippen molar-refractivity contribution in [2.75, 3.05) is 26.8 Å². The fraction of sp³-hybridized carbons (Fsp3) is 0.667. The van der Waals surface area contributed by atoms with Crippen LogP contribution in [0, 0.1) is 0 Å². The third kappa shape index (κ3) is 8.15. The van der Waals surface area contributed by atoms with Crippen LogP contribution in [0.3, 0.4) is 0 Å². The summed E-state index contributed by atoms with van der Waals surface area (Å²) >= 11 is 1.35. The Balaban J connectivity index is 2.03. The number of ether oxygens (including phenoxy) is 2. The predicted octanol–water partition coefficient (Wildman–Crippen LogP) is 4.46. The molecule has 0 aromatic carbocycles. The van der Waals surface area contributed by atoms with E-state index in [2.05, 4.69) is 44.2 Å². The number of carbonyl (C=O) groups is 3. The molecule has 0 saturated carbocycles. The van der Waals surface area contributed by atoms with E-state index in [0.717, 1.165) is 5.57 Å². The molecule has 196 valence electrons. The van der Waals surface area contributed by atoms with Crippen molar-refractivity contribution in [2.24, 2.45) is 0 Å². The molecule has 9 nitrogen and oxygen atoms in total. The Kier molecular flexibility index (Phi) is 9.29. The van der Waals surface area contributed by atoms with Crippen molar-refractivity contribution in [3.63, 3.8) is 0 Å². The molecule has 2 amide bonds. The van der Waals surface area contributed by atoms with Crippen LogP contribution in [0.5, 0.6) is 0 Å². The summed E-state index contributed by atoms with van der Waals surface area (Å²) in [7, 11) is -0.837. The SMILES string of the molecule is COC(=O)[C@H](CO[Si](C)(C)C(C)(C)C)NC(=O)c1csc(C2=CCN(C(=O)OC(C)(C)C)CC2)n1. The Hall–Kier alpha value is -2.24. The highest BCUT2D eigenvalue weighted by Gasteiger charge is 2.38. The van der Waals surface area contributed by atoms with Crippen LogP contribution < -0.4 is 5.32 Å². The van der Waals surface area contributed by atoms with Crippen molar-refractivity contribution in [1.82, 2.24) is 15.2 Å². The zero-order valence-electron chi connectivity index (χ0n) is 22.3. The van der Waals surface area contributed by atoms with Gasteiger partial charge in [0.25, 0.3) is 5.91 Å². The molecule has 2 rings (SSSR count). The van der Waals surface area contributed by atoms with Gasteiger partial charge in [0.15, 0.2) is 8.32 Å². The standard InChI is InChI=1S/C24H39N3O6SSi/c1-23(2,3)33-22(30)27-12-10-16(11-13-27)20-26-18(15-34-20)19(28)25-17(21(29)31-7)14-32-35(8,9)24(4,5)6/h10,15,17H,11-14H2,1-9H3,(H,25,28)/t17-/m0/s1. The number of nitrogens with one attached hydrogen (secondary N) is 1. The van der Waals surface area contributed by atoms with Crippen molar-refractivity contribution in [2.45, 2.75) is 77.7 Å². The van der Waals surface area contributed by atoms with Crippen molar-refractivity contribution >= 4 is 43.2 Å². The number of aromatic nitrogens is 1. The van der Waals surface area contributed by atoms with Gasteiger partial charge in [0, 0.05) is 18.5 Å². The van der Waals surface area contributed by atoms with Crippen molar-refractivity contribution in [3.05, 3.63) is 22.2 Å². The first-order valence-corrected chi connectivity index (χ1v) is 15.5. The molecule has 0 spiro atoms. The molecular weight excluding hydrogens is 486 g/mol. The van der Waals surface area contributed by atoms with Crippen LogP contribution in [0.15, 0.2) is 11.5 Å². The van der Waals surface area contributed by atoms with E-state index in [1.165, 1.54) is 18.4 Å². The fourth-order valence-electron chi connectivity index (χ4n) is 2.93. The highest BCUT2D eigenvalue weighted by molar-refractivity contribution is 7.11. The van der Waals surface area contributed by atoms with Gasteiger partial charge in [-0.1, -0.05) is 26.8 Å². The maximum Gasteiger partial charge on any atom is 0.410 e. The van der Waals surface area contributed by atoms with Gasteiger partial charge in [-0.25, -0.2) is 14.6 Å².